The van der Waals surface area contributed by atoms with Crippen LogP contribution in [0.25, 0.3) is 33.3 Å². The van der Waals surface area contributed by atoms with Crippen LogP contribution in [-0.4, -0.2) is 80.8 Å². The normalized spacial score (nSPS) is 21.3. The van der Waals surface area contributed by atoms with E-state index in [4.69, 9.17) is 4.74 Å². The highest BCUT2D eigenvalue weighted by atomic mass is 16.5. The molecule has 8 nitrogen and oxygen atoms in total. The first kappa shape index (κ1) is 23.9. The number of aromatic hydroxyl groups is 1. The van der Waals surface area contributed by atoms with Crippen molar-refractivity contribution >= 4 is 10.9 Å². The molecule has 8 heteroatoms. The third-order valence-electron chi connectivity index (χ3n) is 8.23. The molecule has 2 unspecified atom stereocenters. The predicted molar refractivity (Wildman–Crippen MR) is 145 cm³/mol. The molecule has 2 atom stereocenters. The van der Waals surface area contributed by atoms with Crippen LogP contribution in [0.1, 0.15) is 31.4 Å². The Morgan fingerprint density at radius 3 is 2.54 bits per heavy atom. The Kier molecular flexibility index (Phi) is 6.09. The van der Waals surface area contributed by atoms with Crippen molar-refractivity contribution in [1.29, 1.82) is 0 Å². The quantitative estimate of drug-likeness (QED) is 0.440. The zero-order valence-corrected chi connectivity index (χ0v) is 21.9. The van der Waals surface area contributed by atoms with Crippen LogP contribution in [0.4, 0.5) is 0 Å². The van der Waals surface area contributed by atoms with Crippen LogP contribution >= 0.6 is 0 Å². The van der Waals surface area contributed by atoms with Gasteiger partial charge in [-0.2, -0.15) is 15.3 Å². The second-order valence-corrected chi connectivity index (χ2v) is 10.7. The molecule has 0 radical (unpaired) electrons. The van der Waals surface area contributed by atoms with E-state index in [-0.39, 0.29) is 5.75 Å². The Bertz CT molecular complexity index is 1430. The molecule has 4 aromatic rings. The number of methoxy groups -OCH3 is 1. The molecule has 2 saturated heterocycles. The molecule has 2 aliphatic rings. The highest BCUT2D eigenvalue weighted by Crippen LogP contribution is 2.37. The molecule has 0 bridgehead atoms. The number of hydrogen-bond donors (Lipinski definition) is 1. The molecule has 2 fully saturated rings. The summed E-state index contributed by atoms with van der Waals surface area (Å²) >= 11 is 0. The van der Waals surface area contributed by atoms with Crippen LogP contribution in [0, 0.1) is 0 Å². The van der Waals surface area contributed by atoms with Gasteiger partial charge in [0.05, 0.1) is 18.5 Å². The minimum absolute atomic E-state index is 0.177. The molecule has 2 aliphatic heterocycles. The number of hydrogen-bond acceptors (Lipinski definition) is 7. The molecule has 0 saturated carbocycles. The number of rotatable bonds is 5. The predicted octanol–water partition coefficient (Wildman–Crippen LogP) is 4.29. The largest absolute Gasteiger partial charge is 0.507 e. The average molecular weight is 499 g/mol. The summed E-state index contributed by atoms with van der Waals surface area (Å²) in [5, 5.41) is 25.4. The molecule has 0 amide bonds. The van der Waals surface area contributed by atoms with Crippen LogP contribution < -0.4 is 4.74 Å². The van der Waals surface area contributed by atoms with Gasteiger partial charge in [0, 0.05) is 55.3 Å². The summed E-state index contributed by atoms with van der Waals surface area (Å²) in [5.74, 6) is 1.32. The van der Waals surface area contributed by atoms with Crippen LogP contribution in [0.2, 0.25) is 0 Å². The lowest BCUT2D eigenvalue weighted by Gasteiger charge is -2.48. The molecular weight excluding hydrogens is 464 g/mol. The number of phenols is 1. The maximum atomic E-state index is 10.9. The fourth-order valence-corrected chi connectivity index (χ4v) is 5.77. The van der Waals surface area contributed by atoms with Crippen molar-refractivity contribution in [3.05, 3.63) is 54.4 Å². The van der Waals surface area contributed by atoms with Gasteiger partial charge < -0.3 is 14.7 Å². The number of aryl methyl sites for hydroxylation is 1. The minimum atomic E-state index is 0.177. The minimum Gasteiger partial charge on any atom is -0.507 e. The molecule has 2 aromatic heterocycles. The third kappa shape index (κ3) is 4.45. The first-order chi connectivity index (χ1) is 17.9. The summed E-state index contributed by atoms with van der Waals surface area (Å²) in [6, 6.07) is 15.1. The van der Waals surface area contributed by atoms with Gasteiger partial charge in [-0.05, 0) is 80.9 Å². The van der Waals surface area contributed by atoms with Gasteiger partial charge in [0.2, 0.25) is 0 Å². The summed E-state index contributed by atoms with van der Waals surface area (Å²) in [4.78, 5) is 5.06. The second-order valence-electron chi connectivity index (χ2n) is 10.7. The number of ether oxygens (including phenoxy) is 1. The highest BCUT2D eigenvalue weighted by Gasteiger charge is 2.36. The summed E-state index contributed by atoms with van der Waals surface area (Å²) in [6.45, 7) is 5.61. The van der Waals surface area contributed by atoms with Crippen molar-refractivity contribution in [2.75, 3.05) is 33.8 Å². The smallest absolute Gasteiger partial charge is 0.147 e. The van der Waals surface area contributed by atoms with E-state index in [0.717, 1.165) is 40.8 Å². The molecule has 2 aromatic carbocycles. The maximum absolute atomic E-state index is 10.9. The molecule has 0 aliphatic carbocycles. The number of benzene rings is 2. The molecule has 1 N–H and O–H groups in total. The van der Waals surface area contributed by atoms with Gasteiger partial charge in [-0.1, -0.05) is 6.07 Å². The van der Waals surface area contributed by atoms with Crippen molar-refractivity contribution in [1.82, 2.24) is 29.8 Å². The number of aromatic nitrogens is 4. The van der Waals surface area contributed by atoms with Crippen LogP contribution in [0.3, 0.4) is 0 Å². The van der Waals surface area contributed by atoms with E-state index in [0.29, 0.717) is 35.0 Å². The molecule has 0 spiro atoms. The molecule has 4 heterocycles. The van der Waals surface area contributed by atoms with Gasteiger partial charge >= 0.3 is 0 Å². The van der Waals surface area contributed by atoms with E-state index in [1.165, 1.54) is 19.4 Å². The summed E-state index contributed by atoms with van der Waals surface area (Å²) in [5.41, 5.74) is 5.05. The topological polar surface area (TPSA) is 79.5 Å². The number of likely N-dealkylation sites (tertiary alicyclic amines) is 2. The van der Waals surface area contributed by atoms with Crippen LogP contribution in [-0.2, 0) is 7.05 Å². The monoisotopic (exact) mass is 498 g/mol. The first-order valence-corrected chi connectivity index (χ1v) is 13.0. The molecule has 192 valence electrons. The Morgan fingerprint density at radius 2 is 1.84 bits per heavy atom. The Hall–Kier alpha value is -3.49. The van der Waals surface area contributed by atoms with Crippen LogP contribution in [0.5, 0.6) is 11.5 Å². The van der Waals surface area contributed by atoms with Gasteiger partial charge in [0.15, 0.2) is 0 Å². The number of phenolic OH excluding ortho intramolecular Hbond substituents is 1. The lowest BCUT2D eigenvalue weighted by atomic mass is 9.89. The zero-order chi connectivity index (χ0) is 25.7. The molecule has 37 heavy (non-hydrogen) atoms. The van der Waals surface area contributed by atoms with Crippen molar-refractivity contribution in [3.63, 3.8) is 0 Å². The van der Waals surface area contributed by atoms with E-state index in [1.54, 1.807) is 17.9 Å². The van der Waals surface area contributed by atoms with Gasteiger partial charge in [-0.15, -0.1) is 0 Å². The SMILES string of the molecule is COc1cc(-c2ccc(-c3ccc(C4CN(C5CCN(C)C(C)C5)C4)nn3)c(O)c2)cc2cn(C)nc12. The van der Waals surface area contributed by atoms with Crippen molar-refractivity contribution in [2.45, 2.75) is 37.8 Å². The van der Waals surface area contributed by atoms with Crippen LogP contribution in [0.15, 0.2) is 48.7 Å². The van der Waals surface area contributed by atoms with E-state index in [1.807, 2.05) is 37.5 Å². The summed E-state index contributed by atoms with van der Waals surface area (Å²) in [7, 11) is 5.76. The lowest BCUT2D eigenvalue weighted by molar-refractivity contribution is 0.0328. The Balaban J connectivity index is 1.16. The first-order valence-electron chi connectivity index (χ1n) is 13.0. The Labute approximate surface area is 217 Å². The van der Waals surface area contributed by atoms with E-state index in [2.05, 4.69) is 51.2 Å². The molecule has 6 rings (SSSR count). The van der Waals surface area contributed by atoms with Gasteiger partial charge in [-0.25, -0.2) is 0 Å². The molecular formula is C29H34N6O2. The summed E-state index contributed by atoms with van der Waals surface area (Å²) < 4.78 is 7.33. The fraction of sp³-hybridized carbons (Fsp3) is 0.414. The van der Waals surface area contributed by atoms with Crippen molar-refractivity contribution in [2.24, 2.45) is 7.05 Å². The van der Waals surface area contributed by atoms with E-state index in [9.17, 15) is 5.11 Å². The number of nitrogens with zero attached hydrogens (tertiary/aromatic N) is 6. The average Bonchev–Trinajstić information content (AvgIpc) is 3.25. The summed E-state index contributed by atoms with van der Waals surface area (Å²) in [6.07, 6.45) is 4.45. The zero-order valence-electron chi connectivity index (χ0n) is 21.9. The van der Waals surface area contributed by atoms with Crippen molar-refractivity contribution in [3.8, 4) is 33.9 Å². The third-order valence-corrected chi connectivity index (χ3v) is 8.23. The maximum Gasteiger partial charge on any atom is 0.147 e. The van der Waals surface area contributed by atoms with Gasteiger partial charge in [0.1, 0.15) is 17.0 Å². The van der Waals surface area contributed by atoms with Gasteiger partial charge in [-0.3, -0.25) is 9.58 Å². The Morgan fingerprint density at radius 1 is 1.00 bits per heavy atom. The van der Waals surface area contributed by atoms with E-state index < -0.39 is 0 Å². The fourth-order valence-electron chi connectivity index (χ4n) is 5.77. The number of fused-ring (bicyclic) bond motifs is 1. The van der Waals surface area contributed by atoms with Gasteiger partial charge in [0.25, 0.3) is 0 Å². The lowest BCUT2D eigenvalue weighted by Crippen LogP contribution is -2.55. The van der Waals surface area contributed by atoms with Crippen molar-refractivity contribution < 1.29 is 9.84 Å². The highest BCUT2D eigenvalue weighted by molar-refractivity contribution is 5.90. The van der Waals surface area contributed by atoms with E-state index >= 15 is 0 Å². The second kappa shape index (κ2) is 9.43. The number of piperidine rings is 1. The standard InChI is InChI=1S/C29H34N6O2/c1-18-11-23(9-10-33(18)2)35-16-22(17-35)25-7-8-26(31-30-25)24-6-5-19(13-27(24)36)20-12-21-15-34(3)32-29(21)28(14-20)37-4/h5-8,12-15,18,22-23,36H,9-11,16-17H2,1-4H3.